The van der Waals surface area contributed by atoms with E-state index in [9.17, 15) is 13.2 Å². The molecule has 13 heavy (non-hydrogen) atoms. The summed E-state index contributed by atoms with van der Waals surface area (Å²) in [6.45, 7) is 3.21. The van der Waals surface area contributed by atoms with Crippen LogP contribution in [0, 0.1) is 5.92 Å². The van der Waals surface area contributed by atoms with E-state index in [1.165, 1.54) is 6.92 Å². The van der Waals surface area contributed by atoms with Gasteiger partial charge in [-0.3, -0.25) is 0 Å². The zero-order chi connectivity index (χ0) is 10.5. The zero-order valence-electron chi connectivity index (χ0n) is 7.80. The number of aliphatic hydroxyl groups is 1. The maximum Gasteiger partial charge on any atom is 0.414 e. The third-order valence-corrected chi connectivity index (χ3v) is 1.90. The molecule has 0 aromatic heterocycles. The van der Waals surface area contributed by atoms with Crippen LogP contribution >= 0.6 is 0 Å². The molecule has 0 heterocycles. The number of aliphatic hydroxyl groups excluding tert-OH is 1. The summed E-state index contributed by atoms with van der Waals surface area (Å²) in [6.07, 6.45) is -2.19. The van der Waals surface area contributed by atoms with Gasteiger partial charge in [-0.15, -0.1) is 0 Å². The molecule has 0 aliphatic carbocycles. The Hall–Kier alpha value is -0.510. The standard InChI is InChI=1S/C9H15F3O/c1-3-4-5-6-7(2)8(13)9(10,11)12/h3-4,7-8,13H,5-6H2,1-2H3. The summed E-state index contributed by atoms with van der Waals surface area (Å²) in [5.74, 6) is -0.740. The lowest BCUT2D eigenvalue weighted by Crippen LogP contribution is -2.34. The van der Waals surface area contributed by atoms with E-state index >= 15 is 0 Å². The molecule has 0 rings (SSSR count). The maximum atomic E-state index is 11.9. The molecule has 1 nitrogen and oxygen atoms in total. The number of allylic oxidation sites excluding steroid dienone is 2. The van der Waals surface area contributed by atoms with Gasteiger partial charge >= 0.3 is 6.18 Å². The Labute approximate surface area is 76.3 Å². The van der Waals surface area contributed by atoms with Gasteiger partial charge < -0.3 is 5.11 Å². The lowest BCUT2D eigenvalue weighted by atomic mass is 9.98. The molecule has 2 atom stereocenters. The largest absolute Gasteiger partial charge is 0.414 e. The first-order chi connectivity index (χ1) is 5.89. The smallest absolute Gasteiger partial charge is 0.383 e. The maximum absolute atomic E-state index is 11.9. The fourth-order valence-corrected chi connectivity index (χ4v) is 1.01. The molecule has 0 spiro atoms. The van der Waals surface area contributed by atoms with Gasteiger partial charge in [-0.05, 0) is 25.7 Å². The summed E-state index contributed by atoms with van der Waals surface area (Å²) < 4.78 is 35.8. The zero-order valence-corrected chi connectivity index (χ0v) is 7.80. The van der Waals surface area contributed by atoms with E-state index in [2.05, 4.69) is 0 Å². The van der Waals surface area contributed by atoms with Crippen LogP contribution in [0.2, 0.25) is 0 Å². The number of hydrogen-bond donors (Lipinski definition) is 1. The van der Waals surface area contributed by atoms with Crippen molar-refractivity contribution in [3.8, 4) is 0 Å². The van der Waals surface area contributed by atoms with Gasteiger partial charge in [0, 0.05) is 0 Å². The highest BCUT2D eigenvalue weighted by molar-refractivity contribution is 4.80. The van der Waals surface area contributed by atoms with Crippen molar-refractivity contribution in [3.63, 3.8) is 0 Å². The van der Waals surface area contributed by atoms with Crippen LogP contribution in [0.15, 0.2) is 12.2 Å². The molecule has 0 bridgehead atoms. The van der Waals surface area contributed by atoms with Gasteiger partial charge in [-0.25, -0.2) is 0 Å². The molecule has 4 heteroatoms. The second-order valence-corrected chi connectivity index (χ2v) is 3.11. The van der Waals surface area contributed by atoms with Gasteiger partial charge in [0.25, 0.3) is 0 Å². The topological polar surface area (TPSA) is 20.2 Å². The van der Waals surface area contributed by atoms with Crippen LogP contribution < -0.4 is 0 Å². The van der Waals surface area contributed by atoms with Crippen molar-refractivity contribution in [1.29, 1.82) is 0 Å². The fourth-order valence-electron chi connectivity index (χ4n) is 1.01. The van der Waals surface area contributed by atoms with Crippen LogP contribution in [0.25, 0.3) is 0 Å². The molecule has 0 radical (unpaired) electrons. The van der Waals surface area contributed by atoms with Gasteiger partial charge in [0.05, 0.1) is 0 Å². The molecule has 2 unspecified atom stereocenters. The summed E-state index contributed by atoms with van der Waals surface area (Å²) >= 11 is 0. The van der Waals surface area contributed by atoms with Crippen molar-refractivity contribution in [2.24, 2.45) is 5.92 Å². The summed E-state index contributed by atoms with van der Waals surface area (Å²) in [6, 6.07) is 0. The Morgan fingerprint density at radius 1 is 1.38 bits per heavy atom. The van der Waals surface area contributed by atoms with Gasteiger partial charge in [0.1, 0.15) is 0 Å². The molecule has 0 aliphatic heterocycles. The monoisotopic (exact) mass is 196 g/mol. The molecular weight excluding hydrogens is 181 g/mol. The Balaban J connectivity index is 3.89. The molecule has 0 aromatic rings. The number of halogens is 3. The highest BCUT2D eigenvalue weighted by atomic mass is 19.4. The molecule has 0 aliphatic rings. The van der Waals surface area contributed by atoms with Crippen molar-refractivity contribution >= 4 is 0 Å². The Bertz CT molecular complexity index is 163. The molecule has 0 fully saturated rings. The van der Waals surface area contributed by atoms with Crippen LogP contribution in [0.3, 0.4) is 0 Å². The lowest BCUT2D eigenvalue weighted by molar-refractivity contribution is -0.218. The normalized spacial score (nSPS) is 17.7. The van der Waals surface area contributed by atoms with E-state index in [4.69, 9.17) is 5.11 Å². The van der Waals surface area contributed by atoms with Crippen LogP contribution in [0.5, 0.6) is 0 Å². The first-order valence-corrected chi connectivity index (χ1v) is 4.25. The minimum atomic E-state index is -4.49. The van der Waals surface area contributed by atoms with Crippen LogP contribution in [-0.4, -0.2) is 17.4 Å². The van der Waals surface area contributed by atoms with Crippen molar-refractivity contribution in [2.45, 2.75) is 39.0 Å². The van der Waals surface area contributed by atoms with Gasteiger partial charge in [0.15, 0.2) is 6.10 Å². The molecule has 0 aromatic carbocycles. The Morgan fingerprint density at radius 3 is 2.31 bits per heavy atom. The third-order valence-electron chi connectivity index (χ3n) is 1.90. The number of alkyl halides is 3. The highest BCUT2D eigenvalue weighted by Gasteiger charge is 2.41. The second-order valence-electron chi connectivity index (χ2n) is 3.11. The van der Waals surface area contributed by atoms with Crippen LogP contribution in [0.4, 0.5) is 13.2 Å². The van der Waals surface area contributed by atoms with Gasteiger partial charge in [-0.2, -0.15) is 13.2 Å². The average Bonchev–Trinajstić information content (AvgIpc) is 2.01. The summed E-state index contributed by atoms with van der Waals surface area (Å²) in [4.78, 5) is 0. The summed E-state index contributed by atoms with van der Waals surface area (Å²) in [7, 11) is 0. The van der Waals surface area contributed by atoms with E-state index in [0.717, 1.165) is 0 Å². The van der Waals surface area contributed by atoms with E-state index in [1.807, 2.05) is 6.92 Å². The lowest BCUT2D eigenvalue weighted by Gasteiger charge is -2.20. The first-order valence-electron chi connectivity index (χ1n) is 4.25. The molecule has 1 N–H and O–H groups in total. The molecule has 0 saturated heterocycles. The highest BCUT2D eigenvalue weighted by Crippen LogP contribution is 2.27. The van der Waals surface area contributed by atoms with Crippen LogP contribution in [0.1, 0.15) is 26.7 Å². The minimum Gasteiger partial charge on any atom is -0.383 e. The van der Waals surface area contributed by atoms with E-state index in [1.54, 1.807) is 12.2 Å². The summed E-state index contributed by atoms with van der Waals surface area (Å²) in [5, 5.41) is 8.80. The fraction of sp³-hybridized carbons (Fsp3) is 0.778. The second kappa shape index (κ2) is 5.27. The van der Waals surface area contributed by atoms with Gasteiger partial charge in [-0.1, -0.05) is 19.1 Å². The predicted molar refractivity (Wildman–Crippen MR) is 45.3 cm³/mol. The SMILES string of the molecule is CC=CCCC(C)C(O)C(F)(F)F. The van der Waals surface area contributed by atoms with E-state index in [0.29, 0.717) is 12.8 Å². The van der Waals surface area contributed by atoms with E-state index < -0.39 is 18.2 Å². The Kier molecular flexibility index (Phi) is 5.06. The van der Waals surface area contributed by atoms with Crippen molar-refractivity contribution in [1.82, 2.24) is 0 Å². The van der Waals surface area contributed by atoms with Gasteiger partial charge in [0.2, 0.25) is 0 Å². The first kappa shape index (κ1) is 12.5. The predicted octanol–water partition coefficient (Wildman–Crippen LogP) is 2.90. The summed E-state index contributed by atoms with van der Waals surface area (Å²) in [5.41, 5.74) is 0. The molecule has 0 amide bonds. The minimum absolute atomic E-state index is 0.352. The molecular formula is C9H15F3O. The van der Waals surface area contributed by atoms with Crippen molar-refractivity contribution < 1.29 is 18.3 Å². The Morgan fingerprint density at radius 2 is 1.92 bits per heavy atom. The average molecular weight is 196 g/mol. The van der Waals surface area contributed by atoms with E-state index in [-0.39, 0.29) is 0 Å². The third kappa shape index (κ3) is 4.93. The molecule has 78 valence electrons. The molecule has 0 saturated carbocycles. The number of hydrogen-bond acceptors (Lipinski definition) is 1. The van der Waals surface area contributed by atoms with Crippen molar-refractivity contribution in [3.05, 3.63) is 12.2 Å². The van der Waals surface area contributed by atoms with Crippen molar-refractivity contribution in [2.75, 3.05) is 0 Å². The van der Waals surface area contributed by atoms with Crippen LogP contribution in [-0.2, 0) is 0 Å². The number of rotatable bonds is 4. The quantitative estimate of drug-likeness (QED) is 0.685.